The predicted octanol–water partition coefficient (Wildman–Crippen LogP) is 6.25. The van der Waals surface area contributed by atoms with Crippen molar-refractivity contribution in [1.29, 1.82) is 0 Å². The van der Waals surface area contributed by atoms with Crippen LogP contribution in [-0.2, 0) is 9.59 Å². The van der Waals surface area contributed by atoms with E-state index in [9.17, 15) is 14.7 Å². The van der Waals surface area contributed by atoms with Crippen molar-refractivity contribution in [2.24, 2.45) is 0 Å². The molecule has 3 aromatic carbocycles. The predicted molar refractivity (Wildman–Crippen MR) is 137 cm³/mol. The normalized spacial score (nSPS) is 17.1. The molecule has 0 saturated carbocycles. The topological polar surface area (TPSA) is 76.1 Å². The number of hydrogen-bond donors (Lipinski definition) is 1. The van der Waals surface area contributed by atoms with Crippen LogP contribution in [0, 0.1) is 13.8 Å². The van der Waals surface area contributed by atoms with Gasteiger partial charge in [-0.1, -0.05) is 47.5 Å². The fourth-order valence-electron chi connectivity index (χ4n) is 4.23. The second-order valence-corrected chi connectivity index (χ2v) is 8.95. The van der Waals surface area contributed by atoms with Gasteiger partial charge in [-0.3, -0.25) is 14.5 Å². The Labute approximate surface area is 213 Å². The number of carbonyl (C=O) groups is 2. The number of amides is 1. The highest BCUT2D eigenvalue weighted by molar-refractivity contribution is 6.52. The van der Waals surface area contributed by atoms with E-state index in [0.717, 1.165) is 11.1 Å². The fourth-order valence-corrected chi connectivity index (χ4v) is 4.87. The first-order valence-electron chi connectivity index (χ1n) is 10.7. The average molecular weight is 512 g/mol. The summed E-state index contributed by atoms with van der Waals surface area (Å²) in [4.78, 5) is 28.2. The molecule has 180 valence electrons. The number of anilines is 1. The molecular formula is C27H23Cl2NO5. The van der Waals surface area contributed by atoms with Crippen molar-refractivity contribution < 1.29 is 24.2 Å². The quantitative estimate of drug-likeness (QED) is 0.248. The van der Waals surface area contributed by atoms with Crippen molar-refractivity contribution in [2.75, 3.05) is 19.1 Å². The highest BCUT2D eigenvalue weighted by Crippen LogP contribution is 2.45. The monoisotopic (exact) mass is 511 g/mol. The van der Waals surface area contributed by atoms with Crippen molar-refractivity contribution in [3.63, 3.8) is 0 Å². The molecule has 1 atom stereocenters. The van der Waals surface area contributed by atoms with Gasteiger partial charge < -0.3 is 14.6 Å². The van der Waals surface area contributed by atoms with Gasteiger partial charge in [-0.25, -0.2) is 0 Å². The van der Waals surface area contributed by atoms with E-state index in [1.54, 1.807) is 37.4 Å². The number of ether oxygens (including phenoxy) is 2. The number of aryl methyl sites for hydroxylation is 1. The zero-order valence-electron chi connectivity index (χ0n) is 19.6. The molecule has 1 unspecified atom stereocenters. The summed E-state index contributed by atoms with van der Waals surface area (Å²) >= 11 is 12.6. The van der Waals surface area contributed by atoms with Crippen LogP contribution >= 0.6 is 23.2 Å². The molecule has 35 heavy (non-hydrogen) atoms. The lowest BCUT2D eigenvalue weighted by atomic mass is 9.94. The maximum Gasteiger partial charge on any atom is 0.300 e. The molecule has 0 aliphatic carbocycles. The Bertz CT molecular complexity index is 1340. The second kappa shape index (κ2) is 9.64. The van der Waals surface area contributed by atoms with Gasteiger partial charge in [0.05, 0.1) is 35.9 Å². The van der Waals surface area contributed by atoms with Crippen LogP contribution in [0.3, 0.4) is 0 Å². The van der Waals surface area contributed by atoms with Crippen LogP contribution in [0.5, 0.6) is 11.5 Å². The molecule has 0 bridgehead atoms. The number of ketones is 1. The van der Waals surface area contributed by atoms with Crippen molar-refractivity contribution in [3.05, 3.63) is 92.5 Å². The number of rotatable bonds is 5. The van der Waals surface area contributed by atoms with Gasteiger partial charge in [-0.15, -0.1) is 0 Å². The smallest absolute Gasteiger partial charge is 0.300 e. The minimum atomic E-state index is -0.888. The van der Waals surface area contributed by atoms with Crippen LogP contribution in [0.2, 0.25) is 10.0 Å². The molecule has 1 amide bonds. The van der Waals surface area contributed by atoms with Gasteiger partial charge in [0.15, 0.2) is 5.75 Å². The molecule has 1 fully saturated rings. The minimum Gasteiger partial charge on any atom is -0.507 e. The summed E-state index contributed by atoms with van der Waals surface area (Å²) in [5.41, 5.74) is 3.14. The number of aliphatic hydroxyl groups excluding tert-OH is 1. The zero-order chi connectivity index (χ0) is 25.4. The third-order valence-electron chi connectivity index (χ3n) is 6.19. The number of methoxy groups -OCH3 is 2. The Morgan fingerprint density at radius 2 is 1.57 bits per heavy atom. The molecule has 3 aromatic rings. The molecule has 1 aliphatic heterocycles. The number of halogens is 2. The first-order chi connectivity index (χ1) is 16.7. The lowest BCUT2D eigenvalue weighted by Crippen LogP contribution is -2.30. The molecule has 0 aromatic heterocycles. The van der Waals surface area contributed by atoms with E-state index in [4.69, 9.17) is 32.7 Å². The SMILES string of the molecule is COc1ccc(C2/C(=C(\O)c3cc(Cl)c(OC)c(Cl)c3)C(=O)C(=O)N2c2cccc(C)c2C)cc1. The molecular weight excluding hydrogens is 489 g/mol. The third-order valence-corrected chi connectivity index (χ3v) is 6.75. The summed E-state index contributed by atoms with van der Waals surface area (Å²) in [6.45, 7) is 3.82. The van der Waals surface area contributed by atoms with E-state index < -0.39 is 17.7 Å². The van der Waals surface area contributed by atoms with Crippen molar-refractivity contribution in [1.82, 2.24) is 0 Å². The fraction of sp³-hybridized carbons (Fsp3) is 0.185. The Balaban J connectivity index is 1.98. The Hall–Kier alpha value is -3.48. The molecule has 6 nitrogen and oxygen atoms in total. The van der Waals surface area contributed by atoms with Crippen LogP contribution in [-0.4, -0.2) is 31.0 Å². The van der Waals surface area contributed by atoms with Gasteiger partial charge in [-0.05, 0) is 60.9 Å². The number of hydrogen-bond acceptors (Lipinski definition) is 5. The van der Waals surface area contributed by atoms with E-state index >= 15 is 0 Å². The summed E-state index contributed by atoms with van der Waals surface area (Å²) in [5.74, 6) is -1.08. The highest BCUT2D eigenvalue weighted by Gasteiger charge is 2.47. The van der Waals surface area contributed by atoms with Gasteiger partial charge in [0.25, 0.3) is 11.7 Å². The minimum absolute atomic E-state index is 0.0710. The van der Waals surface area contributed by atoms with E-state index in [1.165, 1.54) is 24.1 Å². The number of benzene rings is 3. The molecule has 0 radical (unpaired) electrons. The molecule has 1 aliphatic rings. The Kier molecular flexibility index (Phi) is 6.79. The van der Waals surface area contributed by atoms with Crippen molar-refractivity contribution in [2.45, 2.75) is 19.9 Å². The van der Waals surface area contributed by atoms with Gasteiger partial charge in [0.2, 0.25) is 0 Å². The Morgan fingerprint density at radius 1 is 0.943 bits per heavy atom. The van der Waals surface area contributed by atoms with Gasteiger partial charge in [-0.2, -0.15) is 0 Å². The molecule has 0 spiro atoms. The number of carbonyl (C=O) groups excluding carboxylic acids is 2. The van der Waals surface area contributed by atoms with E-state index in [0.29, 0.717) is 17.0 Å². The molecule has 1 heterocycles. The van der Waals surface area contributed by atoms with E-state index in [2.05, 4.69) is 0 Å². The lowest BCUT2D eigenvalue weighted by Gasteiger charge is -2.27. The Morgan fingerprint density at radius 3 is 2.14 bits per heavy atom. The maximum atomic E-state index is 13.4. The van der Waals surface area contributed by atoms with Gasteiger partial charge >= 0.3 is 0 Å². The average Bonchev–Trinajstić information content (AvgIpc) is 3.10. The van der Waals surface area contributed by atoms with Crippen LogP contribution in [0.15, 0.2) is 60.2 Å². The molecule has 4 rings (SSSR count). The van der Waals surface area contributed by atoms with Gasteiger partial charge in [0.1, 0.15) is 11.5 Å². The summed E-state index contributed by atoms with van der Waals surface area (Å²) in [6.07, 6.45) is 0. The van der Waals surface area contributed by atoms with E-state index in [-0.39, 0.29) is 32.7 Å². The standard InChI is InChI=1S/C27H23Cl2NO5/c1-14-6-5-7-21(15(14)2)30-23(16-8-10-18(34-3)11-9-16)22(25(32)27(30)33)24(31)17-12-19(28)26(35-4)20(29)13-17/h5-13,23,31H,1-4H3/b24-22+. The number of nitrogens with zero attached hydrogens (tertiary/aromatic N) is 1. The summed E-state index contributed by atoms with van der Waals surface area (Å²) in [7, 11) is 2.97. The highest BCUT2D eigenvalue weighted by atomic mass is 35.5. The largest absolute Gasteiger partial charge is 0.507 e. The lowest BCUT2D eigenvalue weighted by molar-refractivity contribution is -0.132. The van der Waals surface area contributed by atoms with Crippen LogP contribution in [0.25, 0.3) is 5.76 Å². The van der Waals surface area contributed by atoms with Crippen LogP contribution < -0.4 is 14.4 Å². The molecule has 1 saturated heterocycles. The summed E-state index contributed by atoms with van der Waals surface area (Å²) < 4.78 is 10.4. The zero-order valence-corrected chi connectivity index (χ0v) is 21.1. The second-order valence-electron chi connectivity index (χ2n) is 8.13. The summed E-state index contributed by atoms with van der Waals surface area (Å²) in [6, 6.07) is 14.5. The number of aliphatic hydroxyl groups is 1. The third kappa shape index (κ3) is 4.24. The van der Waals surface area contributed by atoms with Crippen LogP contribution in [0.4, 0.5) is 5.69 Å². The first kappa shape index (κ1) is 24.6. The van der Waals surface area contributed by atoms with Crippen molar-refractivity contribution in [3.8, 4) is 11.5 Å². The van der Waals surface area contributed by atoms with Crippen molar-refractivity contribution >= 4 is 46.3 Å². The molecule has 1 N–H and O–H groups in total. The first-order valence-corrected chi connectivity index (χ1v) is 11.5. The van der Waals surface area contributed by atoms with Crippen LogP contribution in [0.1, 0.15) is 28.3 Å². The number of Topliss-reactive ketones (excluding diaryl/α,β-unsaturated/α-hetero) is 1. The maximum absolute atomic E-state index is 13.4. The van der Waals surface area contributed by atoms with Gasteiger partial charge in [0, 0.05) is 11.3 Å². The summed E-state index contributed by atoms with van der Waals surface area (Å²) in [5, 5.41) is 11.7. The molecule has 8 heteroatoms. The van der Waals surface area contributed by atoms with E-state index in [1.807, 2.05) is 26.0 Å².